The normalized spacial score (nSPS) is 15.7. The van der Waals surface area contributed by atoms with Gasteiger partial charge in [-0.2, -0.15) is 0 Å². The minimum Gasteiger partial charge on any atom is -0.361 e. The molecule has 3 N–H and O–H groups in total. The van der Waals surface area contributed by atoms with Gasteiger partial charge in [0.15, 0.2) is 0 Å². The standard InChI is InChI=1S/C34H37N5O4/c1-21-14-24(15-22(2)23(21)3)18-38(4)33(42)29(16-26-17-35-28-13-9-8-12-27(26)28)36-30(40)19-39-20-31(41)37-32(34(39)43)25-10-6-5-7-11-25/h5-15,17,29,32,35H,16,18-20H2,1-4H3,(H,36,40)(H,37,41). The smallest absolute Gasteiger partial charge is 0.250 e. The largest absolute Gasteiger partial charge is 0.361 e. The van der Waals surface area contributed by atoms with E-state index in [1.807, 2.05) is 36.5 Å². The highest BCUT2D eigenvalue weighted by Gasteiger charge is 2.35. The van der Waals surface area contributed by atoms with Crippen LogP contribution in [0.25, 0.3) is 10.9 Å². The molecule has 1 aliphatic rings. The van der Waals surface area contributed by atoms with E-state index < -0.39 is 18.0 Å². The van der Waals surface area contributed by atoms with Crippen LogP contribution in [-0.2, 0) is 32.1 Å². The summed E-state index contributed by atoms with van der Waals surface area (Å²) in [6.07, 6.45) is 2.11. The van der Waals surface area contributed by atoms with E-state index in [-0.39, 0.29) is 37.2 Å². The Morgan fingerprint density at radius 1 is 1.00 bits per heavy atom. The summed E-state index contributed by atoms with van der Waals surface area (Å²) >= 11 is 0. The number of nitrogens with one attached hydrogen (secondary N) is 3. The zero-order valence-electron chi connectivity index (χ0n) is 24.9. The lowest BCUT2D eigenvalue weighted by Crippen LogP contribution is -2.57. The molecule has 9 heteroatoms. The van der Waals surface area contributed by atoms with Gasteiger partial charge in [0.1, 0.15) is 25.2 Å². The number of fused-ring (bicyclic) bond motifs is 1. The molecule has 0 spiro atoms. The Hall–Kier alpha value is -4.92. The number of rotatable bonds is 9. The Bertz CT molecular complexity index is 1660. The molecule has 222 valence electrons. The van der Waals surface area contributed by atoms with E-state index in [0.717, 1.165) is 33.2 Å². The second-order valence-electron chi connectivity index (χ2n) is 11.3. The Labute approximate surface area is 251 Å². The van der Waals surface area contributed by atoms with Crippen LogP contribution in [0.3, 0.4) is 0 Å². The van der Waals surface area contributed by atoms with Gasteiger partial charge >= 0.3 is 0 Å². The maximum Gasteiger partial charge on any atom is 0.250 e. The fourth-order valence-corrected chi connectivity index (χ4v) is 5.68. The van der Waals surface area contributed by atoms with Crippen molar-refractivity contribution in [3.8, 4) is 0 Å². The Balaban J connectivity index is 1.35. The lowest BCUT2D eigenvalue weighted by Gasteiger charge is -2.33. The van der Waals surface area contributed by atoms with E-state index in [0.29, 0.717) is 12.1 Å². The molecule has 4 amide bonds. The van der Waals surface area contributed by atoms with Crippen molar-refractivity contribution in [3.63, 3.8) is 0 Å². The van der Waals surface area contributed by atoms with E-state index in [9.17, 15) is 19.2 Å². The number of hydrogen-bond acceptors (Lipinski definition) is 4. The van der Waals surface area contributed by atoms with Crippen molar-refractivity contribution in [2.45, 2.75) is 45.8 Å². The molecule has 9 nitrogen and oxygen atoms in total. The second kappa shape index (κ2) is 12.5. The summed E-state index contributed by atoms with van der Waals surface area (Å²) in [5.74, 6) is -1.48. The van der Waals surface area contributed by atoms with Crippen molar-refractivity contribution >= 4 is 34.5 Å². The number of hydrogen-bond donors (Lipinski definition) is 3. The molecule has 2 unspecified atom stereocenters. The van der Waals surface area contributed by atoms with Crippen molar-refractivity contribution in [1.29, 1.82) is 0 Å². The van der Waals surface area contributed by atoms with Crippen LogP contribution in [0.4, 0.5) is 0 Å². The van der Waals surface area contributed by atoms with Crippen LogP contribution >= 0.6 is 0 Å². The van der Waals surface area contributed by atoms with Gasteiger partial charge in [0.2, 0.25) is 17.7 Å². The number of carbonyl (C=O) groups is 4. The van der Waals surface area contributed by atoms with E-state index >= 15 is 0 Å². The molecular formula is C34H37N5O4. The van der Waals surface area contributed by atoms with Gasteiger partial charge in [0.05, 0.1) is 0 Å². The molecule has 43 heavy (non-hydrogen) atoms. The first-order chi connectivity index (χ1) is 20.6. The first kappa shape index (κ1) is 29.6. The molecule has 1 aromatic heterocycles. The van der Waals surface area contributed by atoms with Crippen LogP contribution in [0.1, 0.15) is 39.4 Å². The molecule has 3 aromatic carbocycles. The van der Waals surface area contributed by atoms with Crippen LogP contribution in [-0.4, -0.2) is 64.6 Å². The van der Waals surface area contributed by atoms with Gasteiger partial charge < -0.3 is 25.4 Å². The predicted octanol–water partition coefficient (Wildman–Crippen LogP) is 3.48. The Kier molecular flexibility index (Phi) is 8.61. The van der Waals surface area contributed by atoms with E-state index in [2.05, 4.69) is 48.5 Å². The number of likely N-dealkylation sites (N-methyl/N-ethyl adjacent to an activating group) is 1. The molecule has 2 atom stereocenters. The number of para-hydroxylation sites is 1. The monoisotopic (exact) mass is 579 g/mol. The summed E-state index contributed by atoms with van der Waals surface area (Å²) in [6, 6.07) is 19.1. The summed E-state index contributed by atoms with van der Waals surface area (Å²) in [7, 11) is 1.73. The minimum absolute atomic E-state index is 0.233. The van der Waals surface area contributed by atoms with Gasteiger partial charge in [0.25, 0.3) is 5.91 Å². The Morgan fingerprint density at radius 3 is 2.40 bits per heavy atom. The third kappa shape index (κ3) is 6.61. The number of aromatic amines is 1. The zero-order valence-corrected chi connectivity index (χ0v) is 24.9. The number of H-pyrrole nitrogens is 1. The van der Waals surface area contributed by atoms with E-state index in [1.165, 1.54) is 10.5 Å². The maximum absolute atomic E-state index is 13.9. The molecule has 0 saturated carbocycles. The first-order valence-electron chi connectivity index (χ1n) is 14.4. The lowest BCUT2D eigenvalue weighted by molar-refractivity contribution is -0.147. The highest BCUT2D eigenvalue weighted by Crippen LogP contribution is 2.22. The van der Waals surface area contributed by atoms with Crippen molar-refractivity contribution in [2.24, 2.45) is 0 Å². The second-order valence-corrected chi connectivity index (χ2v) is 11.3. The van der Waals surface area contributed by atoms with E-state index in [4.69, 9.17) is 0 Å². The van der Waals surface area contributed by atoms with Crippen LogP contribution in [0, 0.1) is 20.8 Å². The molecule has 1 aliphatic heterocycles. The number of piperazine rings is 1. The molecule has 4 aromatic rings. The molecule has 1 saturated heterocycles. The molecule has 0 aliphatic carbocycles. The van der Waals surface area contributed by atoms with Crippen LogP contribution in [0.5, 0.6) is 0 Å². The number of nitrogens with zero attached hydrogens (tertiary/aromatic N) is 2. The molecule has 2 heterocycles. The number of amides is 4. The minimum atomic E-state index is -0.886. The number of carbonyl (C=O) groups excluding carboxylic acids is 4. The maximum atomic E-state index is 13.9. The number of aromatic nitrogens is 1. The summed E-state index contributed by atoms with van der Waals surface area (Å²) in [4.78, 5) is 59.1. The lowest BCUT2D eigenvalue weighted by atomic mass is 10.00. The van der Waals surface area contributed by atoms with Crippen molar-refractivity contribution in [1.82, 2.24) is 25.4 Å². The zero-order chi connectivity index (χ0) is 30.7. The van der Waals surface area contributed by atoms with Gasteiger partial charge in [-0.25, -0.2) is 0 Å². The van der Waals surface area contributed by atoms with Crippen LogP contribution in [0.2, 0.25) is 0 Å². The van der Waals surface area contributed by atoms with Gasteiger partial charge in [-0.05, 0) is 60.2 Å². The molecule has 0 radical (unpaired) electrons. The quantitative estimate of drug-likeness (QED) is 0.282. The van der Waals surface area contributed by atoms with Gasteiger partial charge in [0, 0.05) is 37.1 Å². The predicted molar refractivity (Wildman–Crippen MR) is 165 cm³/mol. The van der Waals surface area contributed by atoms with E-state index in [1.54, 1.807) is 36.2 Å². The number of aryl methyl sites for hydroxylation is 2. The number of benzene rings is 3. The van der Waals surface area contributed by atoms with Gasteiger partial charge in [-0.15, -0.1) is 0 Å². The summed E-state index contributed by atoms with van der Waals surface area (Å²) in [5.41, 5.74) is 7.00. The first-order valence-corrected chi connectivity index (χ1v) is 14.4. The molecule has 0 bridgehead atoms. The third-order valence-corrected chi connectivity index (χ3v) is 8.18. The summed E-state index contributed by atoms with van der Waals surface area (Å²) < 4.78 is 0. The fraction of sp³-hybridized carbons (Fsp3) is 0.294. The average molecular weight is 580 g/mol. The van der Waals surface area contributed by atoms with Crippen LogP contribution < -0.4 is 10.6 Å². The van der Waals surface area contributed by atoms with Crippen molar-refractivity contribution in [2.75, 3.05) is 20.1 Å². The highest BCUT2D eigenvalue weighted by molar-refractivity contribution is 5.98. The summed E-state index contributed by atoms with van der Waals surface area (Å²) in [6.45, 7) is 5.99. The fourth-order valence-electron chi connectivity index (χ4n) is 5.68. The third-order valence-electron chi connectivity index (χ3n) is 8.18. The van der Waals surface area contributed by atoms with Crippen molar-refractivity contribution in [3.05, 3.63) is 106 Å². The van der Waals surface area contributed by atoms with Gasteiger partial charge in [-0.3, -0.25) is 19.2 Å². The topological polar surface area (TPSA) is 115 Å². The van der Waals surface area contributed by atoms with Crippen LogP contribution in [0.15, 0.2) is 72.9 Å². The van der Waals surface area contributed by atoms with Gasteiger partial charge in [-0.1, -0.05) is 60.7 Å². The SMILES string of the molecule is Cc1cc(CN(C)C(=O)C(Cc2c[nH]c3ccccc23)NC(=O)CN2CC(=O)NC(c3ccccc3)C2=O)cc(C)c1C. The average Bonchev–Trinajstić information content (AvgIpc) is 3.40. The molecular weight excluding hydrogens is 542 g/mol. The highest BCUT2D eigenvalue weighted by atomic mass is 16.2. The summed E-state index contributed by atoms with van der Waals surface area (Å²) in [5, 5.41) is 6.57. The molecule has 5 rings (SSSR count). The Morgan fingerprint density at radius 2 is 1.67 bits per heavy atom. The van der Waals surface area contributed by atoms with Crippen molar-refractivity contribution < 1.29 is 19.2 Å². The molecule has 1 fully saturated rings.